The van der Waals surface area contributed by atoms with Gasteiger partial charge in [-0.3, -0.25) is 4.79 Å². The molecule has 0 fully saturated rings. The molecular formula is C13H13NO2S2. The molecule has 5 heteroatoms. The number of benzene rings is 1. The Bertz CT molecular complexity index is 495. The topological polar surface area (TPSA) is 61.1 Å². The third-order valence-corrected chi connectivity index (χ3v) is 3.76. The third kappa shape index (κ3) is 3.31. The molecule has 0 heterocycles. The van der Waals surface area contributed by atoms with Crippen LogP contribution in [0.1, 0.15) is 18.9 Å². The van der Waals surface area contributed by atoms with Crippen molar-refractivity contribution in [2.24, 2.45) is 5.41 Å². The number of nitriles is 1. The summed E-state index contributed by atoms with van der Waals surface area (Å²) in [5.74, 6) is -1.05. The second-order valence-electron chi connectivity index (χ2n) is 4.20. The van der Waals surface area contributed by atoms with Crippen LogP contribution in [0.3, 0.4) is 0 Å². The van der Waals surface area contributed by atoms with Gasteiger partial charge >= 0.3 is 5.97 Å². The Labute approximate surface area is 117 Å². The van der Waals surface area contributed by atoms with Gasteiger partial charge in [-0.15, -0.1) is 0 Å². The number of carbonyl (C=O) groups is 1. The zero-order valence-electron chi connectivity index (χ0n) is 9.83. The van der Waals surface area contributed by atoms with Crippen molar-refractivity contribution in [3.8, 4) is 6.07 Å². The second-order valence-corrected chi connectivity index (χ2v) is 5.23. The predicted octanol–water partition coefficient (Wildman–Crippen LogP) is 2.71. The molecule has 0 aliphatic carbocycles. The Morgan fingerprint density at radius 1 is 1.56 bits per heavy atom. The molecule has 94 valence electrons. The quantitative estimate of drug-likeness (QED) is 0.494. The van der Waals surface area contributed by atoms with Gasteiger partial charge in [0.15, 0.2) is 0 Å². The van der Waals surface area contributed by atoms with E-state index in [2.05, 4.69) is 18.7 Å². The van der Waals surface area contributed by atoms with Crippen LogP contribution in [0.2, 0.25) is 0 Å². The van der Waals surface area contributed by atoms with Crippen molar-refractivity contribution in [1.29, 1.82) is 5.26 Å². The van der Waals surface area contributed by atoms with E-state index in [1.807, 2.05) is 30.3 Å². The third-order valence-electron chi connectivity index (χ3n) is 2.67. The lowest BCUT2D eigenvalue weighted by molar-refractivity contribution is -0.136. The lowest BCUT2D eigenvalue weighted by atomic mass is 9.80. The smallest absolute Gasteiger partial charge is 0.316 e. The highest BCUT2D eigenvalue weighted by Gasteiger charge is 2.34. The van der Waals surface area contributed by atoms with Crippen molar-refractivity contribution in [3.63, 3.8) is 0 Å². The molecule has 0 spiro atoms. The molecular weight excluding hydrogens is 266 g/mol. The molecule has 0 saturated carbocycles. The fourth-order valence-electron chi connectivity index (χ4n) is 1.57. The SMILES string of the molecule is CC(C#N)(CC(S)C(=O)O)C(=S)c1ccccc1. The van der Waals surface area contributed by atoms with Crippen molar-refractivity contribution < 1.29 is 9.90 Å². The summed E-state index contributed by atoms with van der Waals surface area (Å²) in [6.07, 6.45) is 0.0790. The monoisotopic (exact) mass is 279 g/mol. The average molecular weight is 279 g/mol. The Morgan fingerprint density at radius 2 is 2.11 bits per heavy atom. The minimum Gasteiger partial charge on any atom is -0.480 e. The second kappa shape index (κ2) is 5.98. The van der Waals surface area contributed by atoms with Crippen molar-refractivity contribution >= 4 is 35.7 Å². The van der Waals surface area contributed by atoms with E-state index in [9.17, 15) is 10.1 Å². The van der Waals surface area contributed by atoms with Crippen LogP contribution in [-0.4, -0.2) is 21.2 Å². The lowest BCUT2D eigenvalue weighted by Crippen LogP contribution is -2.31. The highest BCUT2D eigenvalue weighted by Crippen LogP contribution is 2.30. The summed E-state index contributed by atoms with van der Waals surface area (Å²) in [5, 5.41) is 17.2. The van der Waals surface area contributed by atoms with Crippen LogP contribution in [0.5, 0.6) is 0 Å². The molecule has 0 aliphatic rings. The highest BCUT2D eigenvalue weighted by molar-refractivity contribution is 7.82. The maximum absolute atomic E-state index is 10.8. The fraction of sp³-hybridized carbons (Fsp3) is 0.308. The zero-order chi connectivity index (χ0) is 13.8. The number of hydrogen-bond donors (Lipinski definition) is 2. The Morgan fingerprint density at radius 3 is 2.56 bits per heavy atom. The average Bonchev–Trinajstić information content (AvgIpc) is 2.38. The number of thiocarbonyl (C=S) groups is 1. The van der Waals surface area contributed by atoms with Gasteiger partial charge in [0.25, 0.3) is 0 Å². The summed E-state index contributed by atoms with van der Waals surface area (Å²) >= 11 is 9.28. The molecule has 0 bridgehead atoms. The van der Waals surface area contributed by atoms with Gasteiger partial charge in [0.05, 0.1) is 11.5 Å². The maximum Gasteiger partial charge on any atom is 0.316 e. The van der Waals surface area contributed by atoms with Gasteiger partial charge in [-0.1, -0.05) is 42.5 Å². The lowest BCUT2D eigenvalue weighted by Gasteiger charge is -2.24. The molecule has 0 radical (unpaired) electrons. The van der Waals surface area contributed by atoms with Crippen LogP contribution in [-0.2, 0) is 4.79 Å². The minimum atomic E-state index is -1.05. The number of thiol groups is 1. The molecule has 0 amide bonds. The number of rotatable bonds is 5. The van der Waals surface area contributed by atoms with E-state index in [-0.39, 0.29) is 6.42 Å². The van der Waals surface area contributed by atoms with Gasteiger partial charge in [-0.2, -0.15) is 17.9 Å². The van der Waals surface area contributed by atoms with Crippen LogP contribution in [0.4, 0.5) is 0 Å². The summed E-state index contributed by atoms with van der Waals surface area (Å²) in [5.41, 5.74) is -0.246. The summed E-state index contributed by atoms with van der Waals surface area (Å²) < 4.78 is 0. The van der Waals surface area contributed by atoms with Crippen LogP contribution < -0.4 is 0 Å². The van der Waals surface area contributed by atoms with Gasteiger partial charge in [-0.05, 0) is 18.9 Å². The van der Waals surface area contributed by atoms with E-state index in [1.54, 1.807) is 6.92 Å². The first kappa shape index (κ1) is 14.7. The molecule has 3 nitrogen and oxygen atoms in total. The van der Waals surface area contributed by atoms with Crippen LogP contribution >= 0.6 is 24.8 Å². The van der Waals surface area contributed by atoms with Gasteiger partial charge in [-0.25, -0.2) is 0 Å². The van der Waals surface area contributed by atoms with Crippen LogP contribution in [0.25, 0.3) is 0 Å². The van der Waals surface area contributed by atoms with Crippen LogP contribution in [0, 0.1) is 16.7 Å². The van der Waals surface area contributed by atoms with Gasteiger partial charge in [0, 0.05) is 4.86 Å². The Kier molecular flexibility index (Phi) is 4.88. The van der Waals surface area contributed by atoms with Gasteiger partial charge in [0.1, 0.15) is 5.25 Å². The van der Waals surface area contributed by atoms with Crippen molar-refractivity contribution in [2.75, 3.05) is 0 Å². The molecule has 0 saturated heterocycles. The van der Waals surface area contributed by atoms with E-state index in [4.69, 9.17) is 17.3 Å². The number of aliphatic carboxylic acids is 1. The fourth-order valence-corrected chi connectivity index (χ4v) is 2.20. The highest BCUT2D eigenvalue weighted by atomic mass is 32.1. The molecule has 2 atom stereocenters. The summed E-state index contributed by atoms with van der Waals surface area (Å²) in [6.45, 7) is 1.65. The van der Waals surface area contributed by atoms with E-state index in [0.29, 0.717) is 4.86 Å². The summed E-state index contributed by atoms with van der Waals surface area (Å²) in [7, 11) is 0. The van der Waals surface area contributed by atoms with Gasteiger partial charge in [0.2, 0.25) is 0 Å². The van der Waals surface area contributed by atoms with Crippen molar-refractivity contribution in [1.82, 2.24) is 0 Å². The molecule has 0 aliphatic heterocycles. The summed E-state index contributed by atoms with van der Waals surface area (Å²) in [6, 6.07) is 11.2. The maximum atomic E-state index is 10.8. The van der Waals surface area contributed by atoms with Gasteiger partial charge < -0.3 is 5.11 Å². The molecule has 1 aromatic carbocycles. The normalized spacial score (nSPS) is 15.2. The van der Waals surface area contributed by atoms with E-state index in [1.165, 1.54) is 0 Å². The predicted molar refractivity (Wildman–Crippen MR) is 76.9 cm³/mol. The standard InChI is InChI=1S/C13H13NO2S2/c1-13(8-14,7-10(17)12(15)16)11(18)9-5-3-2-4-6-9/h2-6,10,17H,7H2,1H3,(H,15,16). The van der Waals surface area contributed by atoms with Crippen molar-refractivity contribution in [2.45, 2.75) is 18.6 Å². The molecule has 2 unspecified atom stereocenters. The molecule has 0 aromatic heterocycles. The van der Waals surface area contributed by atoms with E-state index >= 15 is 0 Å². The van der Waals surface area contributed by atoms with E-state index in [0.717, 1.165) is 5.56 Å². The molecule has 18 heavy (non-hydrogen) atoms. The minimum absolute atomic E-state index is 0.0790. The van der Waals surface area contributed by atoms with Crippen molar-refractivity contribution in [3.05, 3.63) is 35.9 Å². The first-order valence-corrected chi connectivity index (χ1v) is 6.25. The van der Waals surface area contributed by atoms with E-state index < -0.39 is 16.6 Å². The Balaban J connectivity index is 2.99. The number of carboxylic acids is 1. The Hall–Kier alpha value is -1.38. The first-order chi connectivity index (χ1) is 8.40. The summed E-state index contributed by atoms with van der Waals surface area (Å²) in [4.78, 5) is 11.3. The molecule has 1 rings (SSSR count). The van der Waals surface area contributed by atoms with Crippen LogP contribution in [0.15, 0.2) is 30.3 Å². The number of carboxylic acid groups (broad SMARTS) is 1. The molecule has 1 N–H and O–H groups in total. The zero-order valence-corrected chi connectivity index (χ0v) is 11.5. The number of hydrogen-bond acceptors (Lipinski definition) is 4. The first-order valence-electron chi connectivity index (χ1n) is 5.32. The number of nitrogens with zero attached hydrogens (tertiary/aromatic N) is 1. The largest absolute Gasteiger partial charge is 0.480 e. The molecule has 1 aromatic rings.